The maximum absolute atomic E-state index is 11.6. The summed E-state index contributed by atoms with van der Waals surface area (Å²) in [6.45, 7) is 0. The number of aryl methyl sites for hydroxylation is 1. The number of hydrogen-bond donors (Lipinski definition) is 0. The molecule has 1 aliphatic carbocycles. The van der Waals surface area contributed by atoms with Gasteiger partial charge in [0, 0.05) is 0 Å². The van der Waals surface area contributed by atoms with E-state index in [1.165, 1.54) is 0 Å². The number of hydrogen-bond acceptors (Lipinski definition) is 3. The Hall–Kier alpha value is -1.90. The topological polar surface area (TPSA) is 43.4 Å². The van der Waals surface area contributed by atoms with Crippen molar-refractivity contribution in [3.63, 3.8) is 0 Å². The molecule has 0 aromatic heterocycles. The molecule has 0 radical (unpaired) electrons. The van der Waals surface area contributed by atoms with E-state index in [0.717, 1.165) is 24.0 Å². The Kier molecular flexibility index (Phi) is 1.93. The number of ether oxygens (including phenoxy) is 1. The number of carbonyl (C=O) groups excluding carboxylic acids is 2. The maximum Gasteiger partial charge on any atom is 0.347 e. The molecule has 0 saturated carbocycles. The van der Waals surface area contributed by atoms with Gasteiger partial charge in [0.1, 0.15) is 0 Å². The van der Waals surface area contributed by atoms with E-state index in [4.69, 9.17) is 0 Å². The molecule has 3 heteroatoms. The van der Waals surface area contributed by atoms with Crippen LogP contribution in [0.25, 0.3) is 5.57 Å². The summed E-state index contributed by atoms with van der Waals surface area (Å²) >= 11 is 0. The van der Waals surface area contributed by atoms with Crippen LogP contribution in [0, 0.1) is 0 Å². The molecule has 0 atom stereocenters. The molecule has 0 unspecified atom stereocenters. The number of esters is 2. The summed E-state index contributed by atoms with van der Waals surface area (Å²) in [4.78, 5) is 23.1. The second-order valence-electron chi connectivity index (χ2n) is 4.04. The van der Waals surface area contributed by atoms with Gasteiger partial charge in [0.2, 0.25) is 0 Å². The minimum atomic E-state index is -0.491. The molecule has 1 aliphatic heterocycles. The predicted octanol–water partition coefficient (Wildman–Crippen LogP) is 1.86. The molecule has 2 aliphatic rings. The summed E-state index contributed by atoms with van der Waals surface area (Å²) in [5, 5.41) is 0. The summed E-state index contributed by atoms with van der Waals surface area (Å²) < 4.78 is 4.67. The van der Waals surface area contributed by atoms with Gasteiger partial charge in [0.05, 0.1) is 11.1 Å². The third-order valence-corrected chi connectivity index (χ3v) is 3.10. The van der Waals surface area contributed by atoms with Crippen molar-refractivity contribution in [1.29, 1.82) is 0 Å². The highest BCUT2D eigenvalue weighted by atomic mass is 16.6. The van der Waals surface area contributed by atoms with E-state index in [1.807, 2.05) is 24.3 Å². The molecular formula is C13H10O3. The first-order valence-electron chi connectivity index (χ1n) is 5.35. The average Bonchev–Trinajstić information content (AvgIpc) is 2.49. The number of fused-ring (bicyclic) bond motifs is 2. The minimum absolute atomic E-state index is 0.461. The van der Waals surface area contributed by atoms with Crippen LogP contribution in [0.5, 0.6) is 0 Å². The fourth-order valence-corrected chi connectivity index (χ4v) is 2.36. The van der Waals surface area contributed by atoms with E-state index >= 15 is 0 Å². The summed E-state index contributed by atoms with van der Waals surface area (Å²) in [6, 6.07) is 7.72. The van der Waals surface area contributed by atoms with Crippen LogP contribution >= 0.6 is 0 Å². The van der Waals surface area contributed by atoms with E-state index in [-0.39, 0.29) is 0 Å². The van der Waals surface area contributed by atoms with Gasteiger partial charge in [-0.1, -0.05) is 24.3 Å². The maximum atomic E-state index is 11.6. The van der Waals surface area contributed by atoms with Gasteiger partial charge in [0.25, 0.3) is 0 Å². The summed E-state index contributed by atoms with van der Waals surface area (Å²) in [6.07, 6.45) is 2.43. The largest absolute Gasteiger partial charge is 0.386 e. The van der Waals surface area contributed by atoms with E-state index < -0.39 is 11.9 Å². The molecule has 0 fully saturated rings. The van der Waals surface area contributed by atoms with Gasteiger partial charge in [-0.2, -0.15) is 0 Å². The zero-order valence-corrected chi connectivity index (χ0v) is 8.66. The van der Waals surface area contributed by atoms with Crippen LogP contribution in [0.1, 0.15) is 24.0 Å². The Labute approximate surface area is 92.7 Å². The lowest BCUT2D eigenvalue weighted by Gasteiger charge is -2.05. The van der Waals surface area contributed by atoms with Crippen LogP contribution < -0.4 is 0 Å². The van der Waals surface area contributed by atoms with E-state index in [2.05, 4.69) is 4.74 Å². The lowest BCUT2D eigenvalue weighted by Crippen LogP contribution is -2.04. The second kappa shape index (κ2) is 3.30. The molecular weight excluding hydrogens is 204 g/mol. The van der Waals surface area contributed by atoms with Crippen molar-refractivity contribution in [3.05, 3.63) is 41.0 Å². The molecule has 3 rings (SSSR count). The average molecular weight is 214 g/mol. The Bertz CT molecular complexity index is 526. The normalized spacial score (nSPS) is 19.0. The van der Waals surface area contributed by atoms with Crippen molar-refractivity contribution in [2.24, 2.45) is 0 Å². The van der Waals surface area contributed by atoms with Crippen LogP contribution in [0.2, 0.25) is 0 Å². The molecule has 1 heterocycles. The van der Waals surface area contributed by atoms with Gasteiger partial charge in [-0.25, -0.2) is 9.59 Å². The number of benzene rings is 1. The lowest BCUT2D eigenvalue weighted by atomic mass is 9.98. The molecule has 0 spiro atoms. The van der Waals surface area contributed by atoms with Gasteiger partial charge in [0.15, 0.2) is 0 Å². The minimum Gasteiger partial charge on any atom is -0.386 e. The van der Waals surface area contributed by atoms with E-state index in [1.54, 1.807) is 0 Å². The summed E-state index contributed by atoms with van der Waals surface area (Å²) in [5.74, 6) is -0.953. The van der Waals surface area contributed by atoms with Crippen molar-refractivity contribution in [1.82, 2.24) is 0 Å². The number of carbonyl (C=O) groups is 2. The quantitative estimate of drug-likeness (QED) is 0.489. The van der Waals surface area contributed by atoms with Crippen LogP contribution in [0.15, 0.2) is 29.8 Å². The Balaban J connectivity index is 2.26. The van der Waals surface area contributed by atoms with E-state index in [0.29, 0.717) is 17.6 Å². The molecule has 0 bridgehead atoms. The van der Waals surface area contributed by atoms with Crippen molar-refractivity contribution in [2.75, 3.05) is 0 Å². The van der Waals surface area contributed by atoms with Crippen molar-refractivity contribution >= 4 is 17.5 Å². The molecule has 16 heavy (non-hydrogen) atoms. The van der Waals surface area contributed by atoms with Crippen molar-refractivity contribution in [3.8, 4) is 0 Å². The molecule has 0 saturated heterocycles. The highest BCUT2D eigenvalue weighted by molar-refractivity contribution is 6.31. The second-order valence-corrected chi connectivity index (χ2v) is 4.04. The molecule has 0 amide bonds. The third-order valence-electron chi connectivity index (χ3n) is 3.10. The first kappa shape index (κ1) is 9.33. The Morgan fingerprint density at radius 1 is 1.00 bits per heavy atom. The third kappa shape index (κ3) is 1.21. The predicted molar refractivity (Wildman–Crippen MR) is 57.4 cm³/mol. The van der Waals surface area contributed by atoms with Crippen molar-refractivity contribution < 1.29 is 14.3 Å². The van der Waals surface area contributed by atoms with Crippen LogP contribution in [0.3, 0.4) is 0 Å². The number of rotatable bonds is 0. The number of cyclic esters (lactones) is 2. The monoisotopic (exact) mass is 214 g/mol. The van der Waals surface area contributed by atoms with Crippen molar-refractivity contribution in [2.45, 2.75) is 19.3 Å². The van der Waals surface area contributed by atoms with Crippen LogP contribution in [-0.4, -0.2) is 11.9 Å². The highest BCUT2D eigenvalue weighted by Gasteiger charge is 2.35. The van der Waals surface area contributed by atoms with Gasteiger partial charge < -0.3 is 4.74 Å². The zero-order valence-electron chi connectivity index (χ0n) is 8.66. The van der Waals surface area contributed by atoms with Gasteiger partial charge >= 0.3 is 11.9 Å². The smallest absolute Gasteiger partial charge is 0.347 e. The fraction of sp³-hybridized carbons (Fsp3) is 0.231. The van der Waals surface area contributed by atoms with Crippen LogP contribution in [0.4, 0.5) is 0 Å². The summed E-state index contributed by atoms with van der Waals surface area (Å²) in [7, 11) is 0. The van der Waals surface area contributed by atoms with Crippen LogP contribution in [-0.2, 0) is 20.7 Å². The van der Waals surface area contributed by atoms with Gasteiger partial charge in [-0.3, -0.25) is 0 Å². The molecule has 0 N–H and O–H groups in total. The zero-order chi connectivity index (χ0) is 11.1. The highest BCUT2D eigenvalue weighted by Crippen LogP contribution is 2.35. The fourth-order valence-electron chi connectivity index (χ4n) is 2.36. The first-order valence-corrected chi connectivity index (χ1v) is 5.35. The molecule has 80 valence electrons. The Morgan fingerprint density at radius 3 is 2.69 bits per heavy atom. The lowest BCUT2D eigenvalue weighted by molar-refractivity contribution is -0.150. The Morgan fingerprint density at radius 2 is 1.81 bits per heavy atom. The SMILES string of the molecule is O=C1OC(=O)C2=C1CCCc1ccccc12. The molecule has 1 aromatic rings. The summed E-state index contributed by atoms with van der Waals surface area (Å²) in [5.41, 5.74) is 3.03. The van der Waals surface area contributed by atoms with E-state index in [9.17, 15) is 9.59 Å². The standard InChI is InChI=1S/C13H10O3/c14-12-10-7-3-5-8-4-1-2-6-9(8)11(10)13(15)16-12/h1-2,4,6H,3,5,7H2. The first-order chi connectivity index (χ1) is 7.77. The molecule has 3 nitrogen and oxygen atoms in total. The van der Waals surface area contributed by atoms with Gasteiger partial charge in [-0.15, -0.1) is 0 Å². The van der Waals surface area contributed by atoms with Gasteiger partial charge in [-0.05, 0) is 30.4 Å². The molecule has 1 aromatic carbocycles.